The Morgan fingerprint density at radius 3 is 2.09 bits per heavy atom. The molecule has 0 aromatic carbocycles. The molecule has 0 aromatic rings. The summed E-state index contributed by atoms with van der Waals surface area (Å²) in [5.41, 5.74) is 0. The number of carboxylic acid groups (broad SMARTS) is 1. The van der Waals surface area contributed by atoms with Crippen LogP contribution in [-0.4, -0.2) is 41.5 Å². The van der Waals surface area contributed by atoms with E-state index in [9.17, 15) is 14.7 Å². The number of ether oxygens (including phenoxy) is 1. The van der Waals surface area contributed by atoms with Crippen LogP contribution in [-0.2, 0) is 14.3 Å². The zero-order valence-electron chi connectivity index (χ0n) is 5.68. The van der Waals surface area contributed by atoms with Gasteiger partial charge in [0.2, 0.25) is 0 Å². The third-order valence-corrected chi connectivity index (χ3v) is 0.983. The van der Waals surface area contributed by atoms with E-state index < -0.39 is 24.1 Å². The van der Waals surface area contributed by atoms with Crippen LogP contribution in [0.5, 0.6) is 0 Å². The molecule has 2 unspecified atom stereocenters. The van der Waals surface area contributed by atoms with Crippen molar-refractivity contribution in [3.8, 4) is 0 Å². The number of hydrogen-bond acceptors (Lipinski definition) is 6. The second-order valence-corrected chi connectivity index (χ2v) is 1.73. The number of hydrogen-bond donors (Lipinski definition) is 2. The van der Waals surface area contributed by atoms with Crippen molar-refractivity contribution in [2.24, 2.45) is 0 Å². The van der Waals surface area contributed by atoms with Crippen LogP contribution in [0.1, 0.15) is 0 Å². The molecule has 0 rings (SSSR count). The van der Waals surface area contributed by atoms with Crippen LogP contribution in [0.4, 0.5) is 0 Å². The number of esters is 1. The molecule has 0 aliphatic carbocycles. The van der Waals surface area contributed by atoms with Crippen LogP contribution >= 0.6 is 0 Å². The highest BCUT2D eigenvalue weighted by molar-refractivity contribution is 5.83. The number of carbonyl (C=O) groups is 2. The summed E-state index contributed by atoms with van der Waals surface area (Å²) < 4.78 is 3.94. The van der Waals surface area contributed by atoms with Crippen LogP contribution in [0, 0.1) is 0 Å². The molecular formula is C5H7O6-. The minimum atomic E-state index is -2.25. The lowest BCUT2D eigenvalue weighted by molar-refractivity contribution is -0.318. The molecular weight excluding hydrogens is 156 g/mol. The Balaban J connectivity index is 4.12. The van der Waals surface area contributed by atoms with Gasteiger partial charge in [-0.25, -0.2) is 4.79 Å². The van der Waals surface area contributed by atoms with E-state index in [1.807, 2.05) is 0 Å². The minimum absolute atomic E-state index is 0.952. The van der Waals surface area contributed by atoms with E-state index in [1.54, 1.807) is 0 Å². The van der Waals surface area contributed by atoms with Crippen molar-refractivity contribution >= 4 is 11.9 Å². The SMILES string of the molecule is COC(=O)C(O)C(O)C(=O)[O-]. The summed E-state index contributed by atoms with van der Waals surface area (Å²) in [6.45, 7) is 0. The van der Waals surface area contributed by atoms with Gasteiger partial charge in [0.25, 0.3) is 0 Å². The van der Waals surface area contributed by atoms with Crippen molar-refractivity contribution in [1.29, 1.82) is 0 Å². The summed E-state index contributed by atoms with van der Waals surface area (Å²) in [4.78, 5) is 20.2. The molecule has 0 heterocycles. The molecule has 64 valence electrons. The van der Waals surface area contributed by atoms with E-state index in [0.29, 0.717) is 0 Å². The molecule has 6 nitrogen and oxygen atoms in total. The van der Waals surface area contributed by atoms with Crippen LogP contribution in [0.2, 0.25) is 0 Å². The van der Waals surface area contributed by atoms with Crippen LogP contribution in [0.3, 0.4) is 0 Å². The summed E-state index contributed by atoms with van der Waals surface area (Å²) >= 11 is 0. The summed E-state index contributed by atoms with van der Waals surface area (Å²) in [6.07, 6.45) is -4.34. The fourth-order valence-electron chi connectivity index (χ4n) is 0.379. The number of carbonyl (C=O) groups excluding carboxylic acids is 2. The van der Waals surface area contributed by atoms with Crippen molar-refractivity contribution in [3.05, 3.63) is 0 Å². The molecule has 6 heteroatoms. The Labute approximate surface area is 62.0 Å². The molecule has 2 N–H and O–H groups in total. The first-order chi connectivity index (χ1) is 5.00. The van der Waals surface area contributed by atoms with E-state index >= 15 is 0 Å². The molecule has 11 heavy (non-hydrogen) atoms. The van der Waals surface area contributed by atoms with Gasteiger partial charge in [-0.1, -0.05) is 0 Å². The molecule has 0 bridgehead atoms. The van der Waals surface area contributed by atoms with Gasteiger partial charge in [0.05, 0.1) is 13.1 Å². The molecule has 0 saturated heterocycles. The molecule has 0 aliphatic rings. The van der Waals surface area contributed by atoms with Crippen molar-refractivity contribution in [3.63, 3.8) is 0 Å². The second-order valence-electron chi connectivity index (χ2n) is 1.73. The molecule has 2 atom stereocenters. The Bertz CT molecular complexity index is 164. The molecule has 0 spiro atoms. The summed E-state index contributed by atoms with van der Waals surface area (Å²) in [5.74, 6) is -3.15. The van der Waals surface area contributed by atoms with Gasteiger partial charge in [-0.2, -0.15) is 0 Å². The summed E-state index contributed by atoms with van der Waals surface area (Å²) in [6, 6.07) is 0. The van der Waals surface area contributed by atoms with Gasteiger partial charge in [-0.15, -0.1) is 0 Å². The number of aliphatic hydroxyl groups excluding tert-OH is 2. The fourth-order valence-corrected chi connectivity index (χ4v) is 0.379. The van der Waals surface area contributed by atoms with Gasteiger partial charge in [0.15, 0.2) is 6.10 Å². The smallest absolute Gasteiger partial charge is 0.337 e. The quantitative estimate of drug-likeness (QED) is 0.420. The highest BCUT2D eigenvalue weighted by atomic mass is 16.5. The van der Waals surface area contributed by atoms with Crippen molar-refractivity contribution < 1.29 is 29.6 Å². The third kappa shape index (κ3) is 2.52. The van der Waals surface area contributed by atoms with Gasteiger partial charge in [0, 0.05) is 0 Å². The van der Waals surface area contributed by atoms with Gasteiger partial charge in [-0.05, 0) is 0 Å². The number of carboxylic acids is 1. The third-order valence-electron chi connectivity index (χ3n) is 0.983. The lowest BCUT2D eigenvalue weighted by Crippen LogP contribution is -2.47. The zero-order valence-corrected chi connectivity index (χ0v) is 5.68. The minimum Gasteiger partial charge on any atom is -0.547 e. The highest BCUT2D eigenvalue weighted by Crippen LogP contribution is 1.94. The first-order valence-corrected chi connectivity index (χ1v) is 2.65. The largest absolute Gasteiger partial charge is 0.547 e. The molecule has 0 amide bonds. The maximum absolute atomic E-state index is 10.3. The first-order valence-electron chi connectivity index (χ1n) is 2.65. The average molecular weight is 163 g/mol. The normalized spacial score (nSPS) is 15.2. The Morgan fingerprint density at radius 2 is 1.82 bits per heavy atom. The lowest BCUT2D eigenvalue weighted by Gasteiger charge is -2.15. The second kappa shape index (κ2) is 3.89. The van der Waals surface area contributed by atoms with Crippen LogP contribution in [0.25, 0.3) is 0 Å². The summed E-state index contributed by atoms with van der Waals surface area (Å²) in [5, 5.41) is 26.9. The molecule has 0 aliphatic heterocycles. The monoisotopic (exact) mass is 163 g/mol. The van der Waals surface area contributed by atoms with Gasteiger partial charge in [0.1, 0.15) is 6.10 Å². The predicted molar refractivity (Wildman–Crippen MR) is 29.0 cm³/mol. The molecule has 0 aromatic heterocycles. The van der Waals surface area contributed by atoms with Gasteiger partial charge < -0.3 is 24.9 Å². The number of aliphatic carboxylic acids is 1. The van der Waals surface area contributed by atoms with E-state index in [-0.39, 0.29) is 0 Å². The predicted octanol–water partition coefficient (Wildman–Crippen LogP) is -3.37. The maximum Gasteiger partial charge on any atom is 0.337 e. The zero-order chi connectivity index (χ0) is 9.02. The van der Waals surface area contributed by atoms with Crippen molar-refractivity contribution in [2.75, 3.05) is 7.11 Å². The first kappa shape index (κ1) is 9.86. The maximum atomic E-state index is 10.3. The van der Waals surface area contributed by atoms with E-state index in [0.717, 1.165) is 7.11 Å². The number of methoxy groups -OCH3 is 1. The van der Waals surface area contributed by atoms with Crippen LogP contribution < -0.4 is 5.11 Å². The topological polar surface area (TPSA) is 107 Å². The Hall–Kier alpha value is -1.14. The number of rotatable bonds is 3. The van der Waals surface area contributed by atoms with Gasteiger partial charge >= 0.3 is 5.97 Å². The van der Waals surface area contributed by atoms with E-state index in [4.69, 9.17) is 10.2 Å². The van der Waals surface area contributed by atoms with Crippen molar-refractivity contribution in [2.45, 2.75) is 12.2 Å². The highest BCUT2D eigenvalue weighted by Gasteiger charge is 2.25. The van der Waals surface area contributed by atoms with Gasteiger partial charge in [-0.3, -0.25) is 0 Å². The Morgan fingerprint density at radius 1 is 1.36 bits per heavy atom. The van der Waals surface area contributed by atoms with E-state index in [2.05, 4.69) is 4.74 Å². The standard InChI is InChI=1S/C5H8O6/c1-11-5(10)3(7)2(6)4(8)9/h2-3,6-7H,1H3,(H,8,9)/p-1. The van der Waals surface area contributed by atoms with Crippen LogP contribution in [0.15, 0.2) is 0 Å². The fraction of sp³-hybridized carbons (Fsp3) is 0.600. The molecule has 0 saturated carbocycles. The lowest BCUT2D eigenvalue weighted by atomic mass is 10.2. The molecule has 0 radical (unpaired) electrons. The van der Waals surface area contributed by atoms with E-state index in [1.165, 1.54) is 0 Å². The number of aliphatic hydroxyl groups is 2. The Kier molecular flexibility index (Phi) is 3.49. The molecule has 0 fully saturated rings. The average Bonchev–Trinajstić information content (AvgIpc) is 2.00. The summed E-state index contributed by atoms with van der Waals surface area (Å²) in [7, 11) is 0.952. The van der Waals surface area contributed by atoms with Crippen molar-refractivity contribution in [1.82, 2.24) is 0 Å².